The van der Waals surface area contributed by atoms with Crippen LogP contribution in [0.15, 0.2) is 40.5 Å². The third-order valence-corrected chi connectivity index (χ3v) is 4.83. The lowest BCUT2D eigenvalue weighted by Crippen LogP contribution is -2.37. The summed E-state index contributed by atoms with van der Waals surface area (Å²) in [5.74, 6) is -2.20. The van der Waals surface area contributed by atoms with Crippen LogP contribution in [-0.2, 0) is 19.1 Å². The summed E-state index contributed by atoms with van der Waals surface area (Å²) >= 11 is 0. The molecule has 0 saturated heterocycles. The van der Waals surface area contributed by atoms with E-state index in [0.717, 1.165) is 6.42 Å². The number of rotatable bonds is 5. The van der Waals surface area contributed by atoms with E-state index in [9.17, 15) is 14.0 Å². The standard InChI is InChI=1S/C20H22FNO4/c1-12-17(20(24)26-10-9-25-2)18(13-5-3-6-14(21)11-13)19-15(22-12)7-4-8-16(19)23/h3,5-6,11,17-18H,4,7-10H2,1-2H3/t17?,18-/m0/s1. The second-order valence-electron chi connectivity index (χ2n) is 6.56. The van der Waals surface area contributed by atoms with Crippen molar-refractivity contribution in [3.8, 4) is 0 Å². The first kappa shape index (κ1) is 18.5. The molecule has 0 radical (unpaired) electrons. The monoisotopic (exact) mass is 359 g/mol. The van der Waals surface area contributed by atoms with Gasteiger partial charge in [0, 0.05) is 36.4 Å². The van der Waals surface area contributed by atoms with Gasteiger partial charge in [-0.25, -0.2) is 4.39 Å². The number of halogens is 1. The summed E-state index contributed by atoms with van der Waals surface area (Å²) in [6.07, 6.45) is 1.85. The molecular formula is C20H22FNO4. The highest BCUT2D eigenvalue weighted by molar-refractivity contribution is 6.08. The molecule has 0 saturated carbocycles. The molecule has 1 aliphatic carbocycles. The fraction of sp³-hybridized carbons (Fsp3) is 0.450. The average molecular weight is 359 g/mol. The summed E-state index contributed by atoms with van der Waals surface area (Å²) < 4.78 is 24.1. The van der Waals surface area contributed by atoms with Gasteiger partial charge < -0.3 is 9.47 Å². The van der Waals surface area contributed by atoms with E-state index >= 15 is 0 Å². The van der Waals surface area contributed by atoms with Gasteiger partial charge in [0.1, 0.15) is 18.3 Å². The van der Waals surface area contributed by atoms with Crippen LogP contribution in [-0.4, -0.2) is 37.8 Å². The Morgan fingerprint density at radius 3 is 2.85 bits per heavy atom. The van der Waals surface area contributed by atoms with Crippen molar-refractivity contribution in [3.05, 3.63) is 46.9 Å². The minimum atomic E-state index is -0.741. The Morgan fingerprint density at radius 2 is 2.12 bits per heavy atom. The fourth-order valence-corrected chi connectivity index (χ4v) is 3.69. The number of carbonyl (C=O) groups is 2. The average Bonchev–Trinajstić information content (AvgIpc) is 2.61. The fourth-order valence-electron chi connectivity index (χ4n) is 3.69. The summed E-state index contributed by atoms with van der Waals surface area (Å²) in [7, 11) is 1.52. The highest BCUT2D eigenvalue weighted by Gasteiger charge is 2.43. The number of methoxy groups -OCH3 is 1. The van der Waals surface area contributed by atoms with Gasteiger partial charge in [0.25, 0.3) is 0 Å². The Bertz CT molecular complexity index is 784. The molecule has 0 amide bonds. The quantitative estimate of drug-likeness (QED) is 0.598. The molecule has 0 N–H and O–H groups in total. The minimum Gasteiger partial charge on any atom is -0.463 e. The van der Waals surface area contributed by atoms with E-state index in [-0.39, 0.29) is 19.0 Å². The Kier molecular flexibility index (Phi) is 5.61. The molecule has 2 atom stereocenters. The van der Waals surface area contributed by atoms with Crippen LogP contribution >= 0.6 is 0 Å². The van der Waals surface area contributed by atoms with Gasteiger partial charge in [-0.15, -0.1) is 0 Å². The van der Waals surface area contributed by atoms with Crippen LogP contribution < -0.4 is 0 Å². The molecule has 1 heterocycles. The predicted molar refractivity (Wildman–Crippen MR) is 94.5 cm³/mol. The lowest BCUT2D eigenvalue weighted by Gasteiger charge is -2.34. The van der Waals surface area contributed by atoms with Crippen molar-refractivity contribution in [3.63, 3.8) is 0 Å². The van der Waals surface area contributed by atoms with Gasteiger partial charge in [0.2, 0.25) is 0 Å². The maximum absolute atomic E-state index is 13.9. The maximum Gasteiger partial charge on any atom is 0.315 e. The largest absolute Gasteiger partial charge is 0.463 e. The van der Waals surface area contributed by atoms with Crippen molar-refractivity contribution in [2.45, 2.75) is 32.1 Å². The number of hydrogen-bond donors (Lipinski definition) is 0. The number of Topliss-reactive ketones (excluding diaryl/α,β-unsaturated/α-hetero) is 1. The number of esters is 1. The van der Waals surface area contributed by atoms with E-state index < -0.39 is 23.6 Å². The first-order valence-electron chi connectivity index (χ1n) is 8.75. The first-order chi connectivity index (χ1) is 12.5. The SMILES string of the molecule is COCCOC(=O)C1C(C)=NC2=C(C(=O)CCC2)[C@H]1c1cccc(F)c1. The van der Waals surface area contributed by atoms with Gasteiger partial charge >= 0.3 is 5.97 Å². The summed E-state index contributed by atoms with van der Waals surface area (Å²) in [5.41, 5.74) is 2.43. The number of aliphatic imine (C=N–C) groups is 1. The van der Waals surface area contributed by atoms with E-state index in [1.807, 2.05) is 0 Å². The zero-order valence-electron chi connectivity index (χ0n) is 15.0. The van der Waals surface area contributed by atoms with Gasteiger partial charge in [-0.2, -0.15) is 0 Å². The van der Waals surface area contributed by atoms with Crippen molar-refractivity contribution in [1.82, 2.24) is 0 Å². The number of allylic oxidation sites excluding steroid dienone is 2. The van der Waals surface area contributed by atoms with Gasteiger partial charge in [0.15, 0.2) is 5.78 Å². The molecule has 3 rings (SSSR count). The molecule has 0 bridgehead atoms. The van der Waals surface area contributed by atoms with Gasteiger partial charge in [0.05, 0.1) is 6.61 Å². The zero-order chi connectivity index (χ0) is 18.7. The highest BCUT2D eigenvalue weighted by Crippen LogP contribution is 2.43. The van der Waals surface area contributed by atoms with E-state index in [0.29, 0.717) is 35.4 Å². The van der Waals surface area contributed by atoms with E-state index in [4.69, 9.17) is 9.47 Å². The molecule has 138 valence electrons. The molecule has 0 spiro atoms. The van der Waals surface area contributed by atoms with Crippen LogP contribution in [0.1, 0.15) is 37.7 Å². The van der Waals surface area contributed by atoms with Gasteiger partial charge in [-0.1, -0.05) is 12.1 Å². The molecule has 1 aromatic carbocycles. The smallest absolute Gasteiger partial charge is 0.315 e. The van der Waals surface area contributed by atoms with E-state index in [2.05, 4.69) is 4.99 Å². The second-order valence-corrected chi connectivity index (χ2v) is 6.56. The normalized spacial score (nSPS) is 22.7. The van der Waals surface area contributed by atoms with Crippen LogP contribution in [0.4, 0.5) is 4.39 Å². The molecule has 26 heavy (non-hydrogen) atoms. The van der Waals surface area contributed by atoms with Crippen molar-refractivity contribution in [2.75, 3.05) is 20.3 Å². The Labute approximate surface area is 151 Å². The molecule has 1 aromatic rings. The number of ether oxygens (including phenoxy) is 2. The summed E-state index contributed by atoms with van der Waals surface area (Å²) in [6.45, 7) is 2.17. The number of benzene rings is 1. The molecule has 0 aromatic heterocycles. The van der Waals surface area contributed by atoms with Crippen LogP contribution in [0.2, 0.25) is 0 Å². The van der Waals surface area contributed by atoms with Gasteiger partial charge in [-0.05, 0) is 37.5 Å². The Morgan fingerprint density at radius 1 is 1.31 bits per heavy atom. The van der Waals surface area contributed by atoms with Crippen molar-refractivity contribution in [1.29, 1.82) is 0 Å². The Hall–Kier alpha value is -2.34. The lowest BCUT2D eigenvalue weighted by molar-refractivity contribution is -0.147. The van der Waals surface area contributed by atoms with Crippen LogP contribution in [0.3, 0.4) is 0 Å². The van der Waals surface area contributed by atoms with Crippen molar-refractivity contribution in [2.24, 2.45) is 10.9 Å². The second kappa shape index (κ2) is 7.91. The van der Waals surface area contributed by atoms with Crippen molar-refractivity contribution >= 4 is 17.5 Å². The molecular weight excluding hydrogens is 337 g/mol. The Balaban J connectivity index is 2.04. The van der Waals surface area contributed by atoms with Crippen LogP contribution in [0.5, 0.6) is 0 Å². The molecule has 0 fully saturated rings. The number of hydrogen-bond acceptors (Lipinski definition) is 5. The molecule has 5 nitrogen and oxygen atoms in total. The topological polar surface area (TPSA) is 65.0 Å². The third kappa shape index (κ3) is 3.60. The van der Waals surface area contributed by atoms with Crippen LogP contribution in [0.25, 0.3) is 0 Å². The minimum absolute atomic E-state index is 0.0218. The highest BCUT2D eigenvalue weighted by atomic mass is 19.1. The number of nitrogens with zero attached hydrogens (tertiary/aromatic N) is 1. The van der Waals surface area contributed by atoms with E-state index in [1.54, 1.807) is 19.1 Å². The third-order valence-electron chi connectivity index (χ3n) is 4.83. The van der Waals surface area contributed by atoms with Crippen LogP contribution in [0, 0.1) is 11.7 Å². The molecule has 1 unspecified atom stereocenters. The molecule has 2 aliphatic rings. The number of carbonyl (C=O) groups excluding carboxylic acids is 2. The zero-order valence-corrected chi connectivity index (χ0v) is 15.0. The van der Waals surface area contributed by atoms with Crippen molar-refractivity contribution < 1.29 is 23.5 Å². The number of ketones is 1. The summed E-state index contributed by atoms with van der Waals surface area (Å²) in [6, 6.07) is 6.06. The molecule has 6 heteroatoms. The summed E-state index contributed by atoms with van der Waals surface area (Å²) in [5, 5.41) is 0. The molecule has 1 aliphatic heterocycles. The van der Waals surface area contributed by atoms with Gasteiger partial charge in [-0.3, -0.25) is 14.6 Å². The summed E-state index contributed by atoms with van der Waals surface area (Å²) in [4.78, 5) is 29.9. The maximum atomic E-state index is 13.9. The predicted octanol–water partition coefficient (Wildman–Crippen LogP) is 3.20. The van der Waals surface area contributed by atoms with E-state index in [1.165, 1.54) is 19.2 Å². The lowest BCUT2D eigenvalue weighted by atomic mass is 9.72. The first-order valence-corrected chi connectivity index (χ1v) is 8.75.